The van der Waals surface area contributed by atoms with Crippen LogP contribution in [0.15, 0.2) is 23.1 Å². The lowest BCUT2D eigenvalue weighted by Crippen LogP contribution is -2.41. The van der Waals surface area contributed by atoms with Crippen molar-refractivity contribution in [3.05, 3.63) is 29.6 Å². The first-order valence-corrected chi connectivity index (χ1v) is 5.80. The summed E-state index contributed by atoms with van der Waals surface area (Å²) in [5, 5.41) is 0. The molecule has 1 aliphatic rings. The maximum absolute atomic E-state index is 13.5. The lowest BCUT2D eigenvalue weighted by molar-refractivity contribution is 0.0647. The SMILES string of the molecule is CN(C(=O)c1cc(S)ccc1F)C1CCC1. The molecule has 0 aliphatic heterocycles. The monoisotopic (exact) mass is 239 g/mol. The van der Waals surface area contributed by atoms with E-state index in [0.29, 0.717) is 4.90 Å². The van der Waals surface area contributed by atoms with E-state index in [1.165, 1.54) is 12.1 Å². The molecule has 1 aromatic carbocycles. The van der Waals surface area contributed by atoms with Gasteiger partial charge in [0.2, 0.25) is 0 Å². The van der Waals surface area contributed by atoms with Gasteiger partial charge < -0.3 is 4.90 Å². The highest BCUT2D eigenvalue weighted by Crippen LogP contribution is 2.25. The van der Waals surface area contributed by atoms with Gasteiger partial charge in [0, 0.05) is 18.0 Å². The number of halogens is 1. The van der Waals surface area contributed by atoms with E-state index in [1.807, 2.05) is 0 Å². The molecule has 1 amide bonds. The molecule has 0 bridgehead atoms. The number of nitrogens with zero attached hydrogens (tertiary/aromatic N) is 1. The van der Waals surface area contributed by atoms with Crippen LogP contribution in [-0.4, -0.2) is 23.9 Å². The molecule has 0 atom stereocenters. The highest BCUT2D eigenvalue weighted by Gasteiger charge is 2.27. The van der Waals surface area contributed by atoms with Crippen molar-refractivity contribution in [3.63, 3.8) is 0 Å². The first-order valence-electron chi connectivity index (χ1n) is 5.35. The zero-order chi connectivity index (χ0) is 11.7. The molecule has 0 radical (unpaired) electrons. The normalized spacial score (nSPS) is 15.7. The third-order valence-corrected chi connectivity index (χ3v) is 3.40. The molecule has 0 saturated heterocycles. The summed E-state index contributed by atoms with van der Waals surface area (Å²) in [7, 11) is 1.73. The van der Waals surface area contributed by atoms with Gasteiger partial charge in [0.25, 0.3) is 5.91 Å². The molecule has 16 heavy (non-hydrogen) atoms. The van der Waals surface area contributed by atoms with Crippen molar-refractivity contribution < 1.29 is 9.18 Å². The molecule has 86 valence electrons. The van der Waals surface area contributed by atoms with Gasteiger partial charge in [-0.25, -0.2) is 4.39 Å². The second-order valence-corrected chi connectivity index (χ2v) is 4.68. The van der Waals surface area contributed by atoms with Crippen LogP contribution in [0.1, 0.15) is 29.6 Å². The van der Waals surface area contributed by atoms with Crippen LogP contribution in [0.2, 0.25) is 0 Å². The third kappa shape index (κ3) is 2.07. The Morgan fingerprint density at radius 3 is 2.75 bits per heavy atom. The van der Waals surface area contributed by atoms with Gasteiger partial charge in [0.05, 0.1) is 5.56 Å². The van der Waals surface area contributed by atoms with Crippen molar-refractivity contribution >= 4 is 18.5 Å². The van der Waals surface area contributed by atoms with Gasteiger partial charge in [0.1, 0.15) is 5.82 Å². The Bertz CT molecular complexity index is 417. The summed E-state index contributed by atoms with van der Waals surface area (Å²) >= 11 is 4.12. The lowest BCUT2D eigenvalue weighted by Gasteiger charge is -2.34. The molecule has 4 heteroatoms. The molecule has 0 spiro atoms. The summed E-state index contributed by atoms with van der Waals surface area (Å²) in [6.45, 7) is 0. The van der Waals surface area contributed by atoms with E-state index in [-0.39, 0.29) is 17.5 Å². The maximum Gasteiger partial charge on any atom is 0.256 e. The van der Waals surface area contributed by atoms with Gasteiger partial charge in [-0.1, -0.05) is 0 Å². The summed E-state index contributed by atoms with van der Waals surface area (Å²) < 4.78 is 13.5. The average Bonchev–Trinajstić information content (AvgIpc) is 2.18. The molecule has 1 fully saturated rings. The van der Waals surface area contributed by atoms with Gasteiger partial charge in [-0.15, -0.1) is 12.6 Å². The fourth-order valence-corrected chi connectivity index (χ4v) is 2.01. The number of hydrogen-bond acceptors (Lipinski definition) is 2. The number of carbonyl (C=O) groups excluding carboxylic acids is 1. The van der Waals surface area contributed by atoms with Crippen molar-refractivity contribution in [3.8, 4) is 0 Å². The zero-order valence-electron chi connectivity index (χ0n) is 9.11. The largest absolute Gasteiger partial charge is 0.339 e. The quantitative estimate of drug-likeness (QED) is 0.787. The van der Waals surface area contributed by atoms with Crippen LogP contribution >= 0.6 is 12.6 Å². The molecule has 0 N–H and O–H groups in total. The fraction of sp³-hybridized carbons (Fsp3) is 0.417. The minimum atomic E-state index is -0.478. The molecular formula is C12H14FNOS. The summed E-state index contributed by atoms with van der Waals surface area (Å²) in [6.07, 6.45) is 3.19. The molecule has 0 aromatic heterocycles. The lowest BCUT2D eigenvalue weighted by atomic mass is 9.91. The van der Waals surface area contributed by atoms with Gasteiger partial charge in [0.15, 0.2) is 0 Å². The molecule has 2 rings (SSSR count). The molecule has 0 unspecified atom stereocenters. The standard InChI is InChI=1S/C12H14FNOS/c1-14(8-3-2-4-8)12(15)10-7-9(16)5-6-11(10)13/h5-8,16H,2-4H2,1H3. The van der Waals surface area contributed by atoms with Gasteiger partial charge in [-0.05, 0) is 37.5 Å². The van der Waals surface area contributed by atoms with Crippen molar-refractivity contribution in [2.45, 2.75) is 30.2 Å². The topological polar surface area (TPSA) is 20.3 Å². The number of thiol groups is 1. The van der Waals surface area contributed by atoms with Crippen molar-refractivity contribution in [2.75, 3.05) is 7.05 Å². The van der Waals surface area contributed by atoms with Crippen molar-refractivity contribution in [1.82, 2.24) is 4.90 Å². The Kier molecular flexibility index (Phi) is 3.19. The highest BCUT2D eigenvalue weighted by molar-refractivity contribution is 7.80. The minimum Gasteiger partial charge on any atom is -0.339 e. The summed E-state index contributed by atoms with van der Waals surface area (Å²) in [5.74, 6) is -0.730. The molecule has 1 aromatic rings. The van der Waals surface area contributed by atoms with E-state index in [1.54, 1.807) is 18.0 Å². The van der Waals surface area contributed by atoms with E-state index in [0.717, 1.165) is 19.3 Å². The van der Waals surface area contributed by atoms with E-state index in [2.05, 4.69) is 12.6 Å². The smallest absolute Gasteiger partial charge is 0.256 e. The predicted octanol–water partition coefficient (Wildman–Crippen LogP) is 2.74. The van der Waals surface area contributed by atoms with Crippen molar-refractivity contribution in [2.24, 2.45) is 0 Å². The van der Waals surface area contributed by atoms with Gasteiger partial charge in [-0.2, -0.15) is 0 Å². The number of carbonyl (C=O) groups is 1. The highest BCUT2D eigenvalue weighted by atomic mass is 32.1. The molecule has 1 saturated carbocycles. The Hall–Kier alpha value is -1.03. The molecule has 0 heterocycles. The molecule has 1 aliphatic carbocycles. The maximum atomic E-state index is 13.5. The Balaban J connectivity index is 2.22. The second kappa shape index (κ2) is 4.45. The molecule has 2 nitrogen and oxygen atoms in total. The summed E-state index contributed by atoms with van der Waals surface area (Å²) in [6, 6.07) is 4.58. The van der Waals surface area contributed by atoms with E-state index < -0.39 is 5.82 Å². The Morgan fingerprint density at radius 2 is 2.19 bits per heavy atom. The summed E-state index contributed by atoms with van der Waals surface area (Å²) in [5.41, 5.74) is 0.113. The Labute approximate surface area is 99.9 Å². The predicted molar refractivity (Wildman–Crippen MR) is 63.4 cm³/mol. The molecular weight excluding hydrogens is 225 g/mol. The van der Waals surface area contributed by atoms with Gasteiger partial charge >= 0.3 is 0 Å². The first kappa shape index (κ1) is 11.5. The summed E-state index contributed by atoms with van der Waals surface area (Å²) in [4.78, 5) is 14.2. The zero-order valence-corrected chi connectivity index (χ0v) is 10.0. The van der Waals surface area contributed by atoms with Crippen LogP contribution in [0.5, 0.6) is 0 Å². The van der Waals surface area contributed by atoms with E-state index in [9.17, 15) is 9.18 Å². The second-order valence-electron chi connectivity index (χ2n) is 4.16. The van der Waals surface area contributed by atoms with Crippen LogP contribution in [0.25, 0.3) is 0 Å². The number of hydrogen-bond donors (Lipinski definition) is 1. The number of rotatable bonds is 2. The van der Waals surface area contributed by atoms with E-state index in [4.69, 9.17) is 0 Å². The van der Waals surface area contributed by atoms with Gasteiger partial charge in [-0.3, -0.25) is 4.79 Å². The first-order chi connectivity index (χ1) is 7.59. The fourth-order valence-electron chi connectivity index (χ4n) is 1.81. The van der Waals surface area contributed by atoms with Crippen LogP contribution in [0, 0.1) is 5.82 Å². The Morgan fingerprint density at radius 1 is 1.50 bits per heavy atom. The number of benzene rings is 1. The van der Waals surface area contributed by atoms with Crippen LogP contribution in [-0.2, 0) is 0 Å². The van der Waals surface area contributed by atoms with Crippen LogP contribution < -0.4 is 0 Å². The number of amides is 1. The van der Waals surface area contributed by atoms with Crippen LogP contribution in [0.4, 0.5) is 4.39 Å². The van der Waals surface area contributed by atoms with E-state index >= 15 is 0 Å². The van der Waals surface area contributed by atoms with Crippen LogP contribution in [0.3, 0.4) is 0 Å². The minimum absolute atomic E-state index is 0.113. The van der Waals surface area contributed by atoms with Crippen molar-refractivity contribution in [1.29, 1.82) is 0 Å². The average molecular weight is 239 g/mol. The third-order valence-electron chi connectivity index (χ3n) is 3.12.